The number of nitrogens with zero attached hydrogens (tertiary/aromatic N) is 4. The van der Waals surface area contributed by atoms with Crippen LogP contribution in [0.1, 0.15) is 73.4 Å². The minimum atomic E-state index is 0.281. The third kappa shape index (κ3) is 3.35. The molecule has 4 aromatic heterocycles. The largest absolute Gasteiger partial charge is 0.346 e. The van der Waals surface area contributed by atoms with Crippen molar-refractivity contribution in [2.24, 2.45) is 5.41 Å². The minimum absolute atomic E-state index is 0.281. The van der Waals surface area contributed by atoms with Crippen LogP contribution in [-0.2, 0) is 4.79 Å². The standard InChI is InChI=1S/C27H33N5OS/c1-15(2)21-22-18(5)24(19-6-7-27(9-19)12-31(13-27)10-17(4)33)34-26(22)30-23(21)20-8-16(3)25-28-14-29-32(25)11-20/h8,11,14-15,19,30H,6-7,9-10,12-13H2,1-5H3. The Bertz CT molecular complexity index is 1420. The number of likely N-dealkylation sites (tertiary alicyclic amines) is 1. The molecule has 5 heterocycles. The molecule has 1 spiro atoms. The molecule has 1 aliphatic heterocycles. The molecule has 4 aromatic rings. The number of pyridine rings is 1. The highest BCUT2D eigenvalue weighted by atomic mass is 32.1. The summed E-state index contributed by atoms with van der Waals surface area (Å²) in [6.45, 7) is 13.5. The Morgan fingerprint density at radius 1 is 1.32 bits per heavy atom. The van der Waals surface area contributed by atoms with Crippen LogP contribution in [0, 0.1) is 19.3 Å². The van der Waals surface area contributed by atoms with E-state index in [1.54, 1.807) is 18.1 Å². The van der Waals surface area contributed by atoms with Crippen molar-refractivity contribution in [1.82, 2.24) is 24.5 Å². The lowest BCUT2D eigenvalue weighted by Crippen LogP contribution is -2.56. The van der Waals surface area contributed by atoms with Crippen molar-refractivity contribution in [3.05, 3.63) is 40.2 Å². The lowest BCUT2D eigenvalue weighted by molar-refractivity contribution is -0.121. The summed E-state index contributed by atoms with van der Waals surface area (Å²) in [7, 11) is 0. The number of ketones is 1. The number of thiophene rings is 1. The summed E-state index contributed by atoms with van der Waals surface area (Å²) >= 11 is 1.97. The number of aryl methyl sites for hydroxylation is 2. The van der Waals surface area contributed by atoms with Gasteiger partial charge in [0.15, 0.2) is 5.65 Å². The summed E-state index contributed by atoms with van der Waals surface area (Å²) in [4.78, 5) is 24.9. The molecule has 2 fully saturated rings. The molecule has 1 unspecified atom stereocenters. The van der Waals surface area contributed by atoms with Crippen LogP contribution < -0.4 is 0 Å². The average molecular weight is 476 g/mol. The van der Waals surface area contributed by atoms with Crippen LogP contribution in [-0.4, -0.2) is 49.9 Å². The topological polar surface area (TPSA) is 66.3 Å². The Labute approximate surface area is 204 Å². The lowest BCUT2D eigenvalue weighted by Gasteiger charge is -2.48. The van der Waals surface area contributed by atoms with Crippen LogP contribution >= 0.6 is 11.3 Å². The van der Waals surface area contributed by atoms with Gasteiger partial charge in [0.1, 0.15) is 16.9 Å². The number of aromatic nitrogens is 4. The fourth-order valence-corrected chi connectivity index (χ4v) is 8.08. The Hall–Kier alpha value is -2.51. The van der Waals surface area contributed by atoms with Crippen molar-refractivity contribution < 1.29 is 4.79 Å². The first-order valence-electron chi connectivity index (χ1n) is 12.4. The molecular weight excluding hydrogens is 442 g/mol. The SMILES string of the molecule is CC(=O)CN1CC2(CCC(c3sc4[nH]c(-c5cc(C)c6ncnn6c5)c(C(C)C)c4c3C)C2)C1. The Morgan fingerprint density at radius 2 is 2.12 bits per heavy atom. The maximum atomic E-state index is 11.5. The smallest absolute Gasteiger partial charge is 0.158 e. The summed E-state index contributed by atoms with van der Waals surface area (Å²) in [6.07, 6.45) is 7.53. The van der Waals surface area contributed by atoms with Crippen molar-refractivity contribution >= 4 is 33.0 Å². The van der Waals surface area contributed by atoms with Gasteiger partial charge in [-0.1, -0.05) is 13.8 Å². The van der Waals surface area contributed by atoms with E-state index in [4.69, 9.17) is 0 Å². The Morgan fingerprint density at radius 3 is 2.85 bits per heavy atom. The van der Waals surface area contributed by atoms with E-state index in [1.807, 2.05) is 15.9 Å². The van der Waals surface area contributed by atoms with Crippen LogP contribution in [0.4, 0.5) is 0 Å². The first-order valence-corrected chi connectivity index (χ1v) is 13.2. The second-order valence-corrected chi connectivity index (χ2v) is 12.1. The van der Waals surface area contributed by atoms with Crippen LogP contribution in [0.5, 0.6) is 0 Å². The van der Waals surface area contributed by atoms with E-state index in [-0.39, 0.29) is 5.78 Å². The predicted octanol–water partition coefficient (Wildman–Crippen LogP) is 5.84. The zero-order chi connectivity index (χ0) is 23.8. The molecule has 6 nitrogen and oxygen atoms in total. The van der Waals surface area contributed by atoms with Gasteiger partial charge in [-0.25, -0.2) is 9.50 Å². The number of carbonyl (C=O) groups excluding carboxylic acids is 1. The van der Waals surface area contributed by atoms with E-state index in [1.165, 1.54) is 51.9 Å². The molecule has 1 saturated heterocycles. The molecule has 7 heteroatoms. The monoisotopic (exact) mass is 475 g/mol. The Balaban J connectivity index is 1.35. The van der Waals surface area contributed by atoms with Gasteiger partial charge in [-0.05, 0) is 80.0 Å². The van der Waals surface area contributed by atoms with Gasteiger partial charge in [-0.15, -0.1) is 11.3 Å². The van der Waals surface area contributed by atoms with E-state index in [2.05, 4.69) is 59.9 Å². The molecular formula is C27H33N5OS. The number of fused-ring (bicyclic) bond motifs is 2. The predicted molar refractivity (Wildman–Crippen MR) is 138 cm³/mol. The number of aromatic amines is 1. The van der Waals surface area contributed by atoms with E-state index in [9.17, 15) is 4.79 Å². The van der Waals surface area contributed by atoms with Gasteiger partial charge in [0, 0.05) is 35.1 Å². The summed E-state index contributed by atoms with van der Waals surface area (Å²) in [5.41, 5.74) is 7.74. The zero-order valence-electron chi connectivity index (χ0n) is 20.7. The highest BCUT2D eigenvalue weighted by molar-refractivity contribution is 7.19. The highest BCUT2D eigenvalue weighted by Crippen LogP contribution is 2.55. The van der Waals surface area contributed by atoms with Gasteiger partial charge < -0.3 is 4.98 Å². The molecule has 0 amide bonds. The number of hydrogen-bond donors (Lipinski definition) is 1. The maximum absolute atomic E-state index is 11.5. The van der Waals surface area contributed by atoms with E-state index in [0.29, 0.717) is 23.8 Å². The molecule has 2 aliphatic rings. The van der Waals surface area contributed by atoms with Crippen LogP contribution in [0.3, 0.4) is 0 Å². The summed E-state index contributed by atoms with van der Waals surface area (Å²) in [5, 5.41) is 5.81. The first-order chi connectivity index (χ1) is 16.2. The third-order valence-electron chi connectivity index (χ3n) is 8.02. The average Bonchev–Trinajstić information content (AvgIpc) is 3.50. The summed E-state index contributed by atoms with van der Waals surface area (Å²) in [6, 6.07) is 2.23. The van der Waals surface area contributed by atoms with Crippen LogP contribution in [0.2, 0.25) is 0 Å². The maximum Gasteiger partial charge on any atom is 0.158 e. The number of rotatable bonds is 5. The molecule has 34 heavy (non-hydrogen) atoms. The van der Waals surface area contributed by atoms with Gasteiger partial charge >= 0.3 is 0 Å². The van der Waals surface area contributed by atoms with Crippen molar-refractivity contribution in [2.75, 3.05) is 19.6 Å². The number of carbonyl (C=O) groups is 1. The molecule has 0 radical (unpaired) electrons. The number of H-pyrrole nitrogens is 1. The summed E-state index contributed by atoms with van der Waals surface area (Å²) in [5.74, 6) is 1.34. The lowest BCUT2D eigenvalue weighted by atomic mass is 9.77. The number of Topliss-reactive ketones (excluding diaryl/α,β-unsaturated/α-hetero) is 1. The van der Waals surface area contributed by atoms with Crippen molar-refractivity contribution in [3.63, 3.8) is 0 Å². The molecule has 1 atom stereocenters. The van der Waals surface area contributed by atoms with Gasteiger partial charge in [-0.3, -0.25) is 9.69 Å². The van der Waals surface area contributed by atoms with Gasteiger partial charge in [0.25, 0.3) is 0 Å². The summed E-state index contributed by atoms with van der Waals surface area (Å²) < 4.78 is 1.88. The first kappa shape index (κ1) is 22.0. The molecule has 1 N–H and O–H groups in total. The molecule has 1 aliphatic carbocycles. The van der Waals surface area contributed by atoms with E-state index < -0.39 is 0 Å². The van der Waals surface area contributed by atoms with Crippen molar-refractivity contribution in [3.8, 4) is 11.3 Å². The zero-order valence-corrected chi connectivity index (χ0v) is 21.6. The molecule has 178 valence electrons. The normalized spacial score (nSPS) is 20.2. The molecule has 0 bridgehead atoms. The van der Waals surface area contributed by atoms with Gasteiger partial charge in [-0.2, -0.15) is 5.10 Å². The van der Waals surface area contributed by atoms with E-state index >= 15 is 0 Å². The van der Waals surface area contributed by atoms with E-state index in [0.717, 1.165) is 24.3 Å². The van der Waals surface area contributed by atoms with Crippen LogP contribution in [0.15, 0.2) is 18.6 Å². The van der Waals surface area contributed by atoms with Crippen molar-refractivity contribution in [2.45, 2.75) is 65.7 Å². The molecule has 1 saturated carbocycles. The Kier molecular flexibility index (Phi) is 5.01. The fraction of sp³-hybridized carbons (Fsp3) is 0.519. The second-order valence-electron chi connectivity index (χ2n) is 11.1. The third-order valence-corrected chi connectivity index (χ3v) is 9.39. The number of nitrogens with one attached hydrogen (secondary N) is 1. The fourth-order valence-electron chi connectivity index (χ4n) is 6.72. The quantitative estimate of drug-likeness (QED) is 0.394. The van der Waals surface area contributed by atoms with Gasteiger partial charge in [0.05, 0.1) is 12.2 Å². The molecule has 6 rings (SSSR count). The van der Waals surface area contributed by atoms with Crippen LogP contribution in [0.25, 0.3) is 27.1 Å². The minimum Gasteiger partial charge on any atom is -0.346 e. The molecule has 0 aromatic carbocycles. The second kappa shape index (κ2) is 7.75. The van der Waals surface area contributed by atoms with Gasteiger partial charge in [0.2, 0.25) is 0 Å². The number of hydrogen-bond acceptors (Lipinski definition) is 5. The van der Waals surface area contributed by atoms with Crippen molar-refractivity contribution in [1.29, 1.82) is 0 Å². The highest BCUT2D eigenvalue weighted by Gasteiger charge is 2.48.